The molecule has 1 atom stereocenters. The first-order chi connectivity index (χ1) is 14.1. The van der Waals surface area contributed by atoms with Crippen LogP contribution in [0.2, 0.25) is 10.0 Å². The number of alkyl halides is 3. The maximum absolute atomic E-state index is 13.2. The fourth-order valence-electron chi connectivity index (χ4n) is 2.72. The van der Waals surface area contributed by atoms with Crippen LogP contribution in [-0.4, -0.2) is 58.4 Å². The zero-order valence-corrected chi connectivity index (χ0v) is 18.1. The van der Waals surface area contributed by atoms with Crippen molar-refractivity contribution in [1.29, 1.82) is 0 Å². The SMILES string of the molecule is CC(Sc1nnc(N2CCOCC2)n1CC(F)(F)F)C(=O)Nc1cc(Cl)ccc1Cl. The van der Waals surface area contributed by atoms with Crippen molar-refractivity contribution in [1.82, 2.24) is 14.8 Å². The number of aromatic nitrogens is 3. The third kappa shape index (κ3) is 5.93. The molecule has 1 aliphatic heterocycles. The lowest BCUT2D eigenvalue weighted by atomic mass is 10.3. The van der Waals surface area contributed by atoms with Crippen LogP contribution in [0.25, 0.3) is 0 Å². The molecule has 1 N–H and O–H groups in total. The van der Waals surface area contributed by atoms with Gasteiger partial charge in [-0.05, 0) is 25.1 Å². The maximum atomic E-state index is 13.2. The van der Waals surface area contributed by atoms with Crippen LogP contribution >= 0.6 is 35.0 Å². The first-order valence-corrected chi connectivity index (χ1v) is 10.5. The van der Waals surface area contributed by atoms with Crippen molar-refractivity contribution in [3.63, 3.8) is 0 Å². The van der Waals surface area contributed by atoms with Crippen molar-refractivity contribution in [3.05, 3.63) is 28.2 Å². The molecule has 0 spiro atoms. The van der Waals surface area contributed by atoms with Gasteiger partial charge in [-0.25, -0.2) is 0 Å². The number of carbonyl (C=O) groups is 1. The lowest BCUT2D eigenvalue weighted by Crippen LogP contribution is -2.38. The molecule has 1 unspecified atom stereocenters. The predicted octanol–water partition coefficient (Wildman–Crippen LogP) is 4.10. The molecule has 30 heavy (non-hydrogen) atoms. The van der Waals surface area contributed by atoms with E-state index in [2.05, 4.69) is 15.5 Å². The summed E-state index contributed by atoms with van der Waals surface area (Å²) in [6, 6.07) is 4.60. The molecule has 13 heteroatoms. The summed E-state index contributed by atoms with van der Waals surface area (Å²) in [7, 11) is 0. The van der Waals surface area contributed by atoms with Gasteiger partial charge in [0.15, 0.2) is 5.16 Å². The number of thioether (sulfide) groups is 1. The highest BCUT2D eigenvalue weighted by molar-refractivity contribution is 8.00. The van der Waals surface area contributed by atoms with E-state index in [1.165, 1.54) is 12.1 Å². The Morgan fingerprint density at radius 2 is 2.00 bits per heavy atom. The quantitative estimate of drug-likeness (QED) is 0.623. The average Bonchev–Trinajstić information content (AvgIpc) is 3.05. The number of anilines is 2. The zero-order chi connectivity index (χ0) is 21.9. The van der Waals surface area contributed by atoms with Crippen LogP contribution in [0.5, 0.6) is 0 Å². The predicted molar refractivity (Wildman–Crippen MR) is 110 cm³/mol. The Kier molecular flexibility index (Phi) is 7.38. The Morgan fingerprint density at radius 3 is 2.67 bits per heavy atom. The van der Waals surface area contributed by atoms with Gasteiger partial charge < -0.3 is 15.0 Å². The highest BCUT2D eigenvalue weighted by Crippen LogP contribution is 2.31. The zero-order valence-electron chi connectivity index (χ0n) is 15.7. The number of hydrogen-bond acceptors (Lipinski definition) is 6. The average molecular weight is 484 g/mol. The normalized spacial score (nSPS) is 15.9. The summed E-state index contributed by atoms with van der Waals surface area (Å²) in [6.07, 6.45) is -4.47. The van der Waals surface area contributed by atoms with Crippen LogP contribution < -0.4 is 10.2 Å². The van der Waals surface area contributed by atoms with Crippen molar-refractivity contribution < 1.29 is 22.7 Å². The number of benzene rings is 1. The molecule has 1 saturated heterocycles. The second kappa shape index (κ2) is 9.63. The molecule has 1 amide bonds. The van der Waals surface area contributed by atoms with Crippen LogP contribution in [0.15, 0.2) is 23.4 Å². The van der Waals surface area contributed by atoms with Gasteiger partial charge in [-0.3, -0.25) is 9.36 Å². The molecule has 1 aromatic heterocycles. The number of amides is 1. The molecule has 7 nitrogen and oxygen atoms in total. The number of nitrogens with zero attached hydrogens (tertiary/aromatic N) is 4. The highest BCUT2D eigenvalue weighted by atomic mass is 35.5. The monoisotopic (exact) mass is 483 g/mol. The molecule has 1 aromatic carbocycles. The molecular formula is C17H18Cl2F3N5O2S. The van der Waals surface area contributed by atoms with E-state index in [9.17, 15) is 18.0 Å². The summed E-state index contributed by atoms with van der Waals surface area (Å²) >= 11 is 12.8. The number of hydrogen-bond donors (Lipinski definition) is 1. The van der Waals surface area contributed by atoms with Gasteiger partial charge in [0.1, 0.15) is 6.54 Å². The molecule has 0 saturated carbocycles. The van der Waals surface area contributed by atoms with E-state index < -0.39 is 23.9 Å². The third-order valence-electron chi connectivity index (χ3n) is 4.17. The van der Waals surface area contributed by atoms with E-state index in [0.717, 1.165) is 16.3 Å². The fourth-order valence-corrected chi connectivity index (χ4v) is 3.90. The smallest absolute Gasteiger partial charge is 0.378 e. The molecule has 2 aromatic rings. The number of nitrogens with one attached hydrogen (secondary N) is 1. The van der Waals surface area contributed by atoms with Crippen molar-refractivity contribution >= 4 is 52.5 Å². The Hall–Kier alpha value is -1.69. The van der Waals surface area contributed by atoms with Gasteiger partial charge in [-0.2, -0.15) is 13.2 Å². The molecule has 0 aliphatic carbocycles. The second-order valence-electron chi connectivity index (χ2n) is 6.46. The second-order valence-corrected chi connectivity index (χ2v) is 8.61. The summed E-state index contributed by atoms with van der Waals surface area (Å²) in [5.74, 6) is -0.359. The van der Waals surface area contributed by atoms with Gasteiger partial charge in [0.05, 0.1) is 29.2 Å². The summed E-state index contributed by atoms with van der Waals surface area (Å²) < 4.78 is 45.7. The largest absolute Gasteiger partial charge is 0.406 e. The van der Waals surface area contributed by atoms with Gasteiger partial charge in [-0.15, -0.1) is 10.2 Å². The van der Waals surface area contributed by atoms with Crippen molar-refractivity contribution in [2.45, 2.75) is 30.1 Å². The standard InChI is InChI=1S/C17H18Cl2F3N5O2S/c1-10(14(28)23-13-8-11(18)2-3-12(13)19)30-16-25-24-15(26-4-6-29-7-5-26)27(16)9-17(20,21)22/h2-3,8,10H,4-7,9H2,1H3,(H,23,28). The minimum atomic E-state index is -4.47. The van der Waals surface area contributed by atoms with Crippen molar-refractivity contribution in [2.24, 2.45) is 0 Å². The minimum Gasteiger partial charge on any atom is -0.378 e. The number of halogens is 5. The Balaban J connectivity index is 1.78. The van der Waals surface area contributed by atoms with Gasteiger partial charge in [-0.1, -0.05) is 35.0 Å². The molecule has 1 aliphatic rings. The summed E-state index contributed by atoms with van der Waals surface area (Å²) in [5.41, 5.74) is 0.312. The first-order valence-electron chi connectivity index (χ1n) is 8.89. The Bertz CT molecular complexity index is 906. The first kappa shape index (κ1) is 23.0. The van der Waals surface area contributed by atoms with E-state index in [0.29, 0.717) is 42.0 Å². The molecule has 0 radical (unpaired) electrons. The Morgan fingerprint density at radius 1 is 1.30 bits per heavy atom. The van der Waals surface area contributed by atoms with Crippen molar-refractivity contribution in [3.8, 4) is 0 Å². The van der Waals surface area contributed by atoms with Gasteiger partial charge in [0.25, 0.3) is 0 Å². The molecule has 3 rings (SSSR count). The minimum absolute atomic E-state index is 0.00587. The Labute approximate surface area is 184 Å². The maximum Gasteiger partial charge on any atom is 0.406 e. The molecule has 1 fully saturated rings. The lowest BCUT2D eigenvalue weighted by Gasteiger charge is -2.28. The van der Waals surface area contributed by atoms with E-state index >= 15 is 0 Å². The third-order valence-corrected chi connectivity index (χ3v) is 5.81. The van der Waals surface area contributed by atoms with Gasteiger partial charge in [0, 0.05) is 18.1 Å². The summed E-state index contributed by atoms with van der Waals surface area (Å²) in [4.78, 5) is 14.2. The van der Waals surface area contributed by atoms with E-state index in [4.69, 9.17) is 27.9 Å². The molecular weight excluding hydrogens is 466 g/mol. The van der Waals surface area contributed by atoms with Crippen LogP contribution in [0, 0.1) is 0 Å². The van der Waals surface area contributed by atoms with Crippen LogP contribution in [0.4, 0.5) is 24.8 Å². The summed E-state index contributed by atoms with van der Waals surface area (Å²) in [5, 5.41) is 10.4. The number of morpholine rings is 1. The number of ether oxygens (including phenoxy) is 1. The topological polar surface area (TPSA) is 72.3 Å². The van der Waals surface area contributed by atoms with Crippen LogP contribution in [-0.2, 0) is 16.1 Å². The van der Waals surface area contributed by atoms with Crippen molar-refractivity contribution in [2.75, 3.05) is 36.5 Å². The van der Waals surface area contributed by atoms with Gasteiger partial charge in [0.2, 0.25) is 11.9 Å². The van der Waals surface area contributed by atoms with E-state index in [-0.39, 0.29) is 11.1 Å². The fraction of sp³-hybridized carbons (Fsp3) is 0.471. The molecule has 0 bridgehead atoms. The summed E-state index contributed by atoms with van der Waals surface area (Å²) in [6.45, 7) is 1.89. The van der Waals surface area contributed by atoms with E-state index in [1.54, 1.807) is 17.9 Å². The molecule has 164 valence electrons. The van der Waals surface area contributed by atoms with Gasteiger partial charge >= 0.3 is 6.18 Å². The lowest BCUT2D eigenvalue weighted by molar-refractivity contribution is -0.141. The molecule has 2 heterocycles. The number of rotatable bonds is 6. The number of carbonyl (C=O) groups excluding carboxylic acids is 1. The van der Waals surface area contributed by atoms with E-state index in [1.807, 2.05) is 0 Å². The van der Waals surface area contributed by atoms with Crippen LogP contribution in [0.3, 0.4) is 0 Å². The highest BCUT2D eigenvalue weighted by Gasteiger charge is 2.33. The van der Waals surface area contributed by atoms with Crippen LogP contribution in [0.1, 0.15) is 6.92 Å².